The minimum atomic E-state index is -1.66. The molecule has 114 valence electrons. The molecule has 0 aliphatic carbocycles. The topological polar surface area (TPSA) is 44.5 Å². The smallest absolute Gasteiger partial charge is 0.191 e. The zero-order chi connectivity index (χ0) is 15.4. The van der Waals surface area contributed by atoms with Gasteiger partial charge in [-0.25, -0.2) is 0 Å². The van der Waals surface area contributed by atoms with Crippen molar-refractivity contribution in [3.8, 4) is 5.75 Å². The maximum absolute atomic E-state index is 6.22. The summed E-state index contributed by atoms with van der Waals surface area (Å²) in [6.45, 7) is 12.0. The number of hydrogen-bond acceptors (Lipinski definition) is 3. The molecule has 1 aromatic carbocycles. The number of methoxy groups -OCH3 is 1. The maximum Gasteiger partial charge on any atom is 0.191 e. The van der Waals surface area contributed by atoms with Crippen molar-refractivity contribution in [2.24, 2.45) is 5.73 Å². The van der Waals surface area contributed by atoms with Gasteiger partial charge in [-0.3, -0.25) is 0 Å². The van der Waals surface area contributed by atoms with E-state index in [0.29, 0.717) is 0 Å². The minimum absolute atomic E-state index is 0.0191. The summed E-state index contributed by atoms with van der Waals surface area (Å²) in [6.07, 6.45) is 0.846. The summed E-state index contributed by atoms with van der Waals surface area (Å²) < 4.78 is 11.3. The Kier molecular flexibility index (Phi) is 5.80. The fraction of sp³-hybridized carbons (Fsp3) is 0.625. The predicted octanol–water partition coefficient (Wildman–Crippen LogP) is 4.11. The van der Waals surface area contributed by atoms with Crippen molar-refractivity contribution in [2.75, 3.05) is 13.7 Å². The fourth-order valence-electron chi connectivity index (χ4n) is 1.68. The van der Waals surface area contributed by atoms with E-state index < -0.39 is 8.32 Å². The van der Waals surface area contributed by atoms with Crippen LogP contribution in [0.25, 0.3) is 0 Å². The van der Waals surface area contributed by atoms with Crippen LogP contribution in [0.2, 0.25) is 18.1 Å². The molecular weight excluding hydrogens is 266 g/mol. The maximum atomic E-state index is 6.22. The summed E-state index contributed by atoms with van der Waals surface area (Å²) in [7, 11) is 0.00567. The second-order valence-electron chi connectivity index (χ2n) is 6.78. The Morgan fingerprint density at radius 3 is 2.15 bits per heavy atom. The van der Waals surface area contributed by atoms with Crippen LogP contribution in [0.1, 0.15) is 38.8 Å². The van der Waals surface area contributed by atoms with Gasteiger partial charge in [-0.15, -0.1) is 0 Å². The summed E-state index contributed by atoms with van der Waals surface area (Å²) in [4.78, 5) is 0. The van der Waals surface area contributed by atoms with Crippen molar-refractivity contribution < 1.29 is 9.16 Å². The molecule has 1 atom stereocenters. The summed E-state index contributed by atoms with van der Waals surface area (Å²) in [5.41, 5.74) is 7.35. The Morgan fingerprint density at radius 1 is 1.15 bits per heavy atom. The Labute approximate surface area is 124 Å². The standard InChI is InChI=1S/C16H29NO2Si/c1-16(2,3)20(5,6)19-12-11-15(17)13-7-9-14(18-4)10-8-13/h7-10,15H,11-12,17H2,1-6H3. The van der Waals surface area contributed by atoms with Gasteiger partial charge >= 0.3 is 0 Å². The number of nitrogens with two attached hydrogens (primary N) is 1. The number of rotatable bonds is 6. The van der Waals surface area contributed by atoms with Crippen molar-refractivity contribution in [1.82, 2.24) is 0 Å². The van der Waals surface area contributed by atoms with Gasteiger partial charge in [-0.1, -0.05) is 32.9 Å². The highest BCUT2D eigenvalue weighted by molar-refractivity contribution is 6.74. The molecule has 0 saturated carbocycles. The highest BCUT2D eigenvalue weighted by Crippen LogP contribution is 2.36. The summed E-state index contributed by atoms with van der Waals surface area (Å²) in [5, 5.41) is 0.247. The summed E-state index contributed by atoms with van der Waals surface area (Å²) in [6, 6.07) is 7.96. The molecule has 1 unspecified atom stereocenters. The van der Waals surface area contributed by atoms with Crippen LogP contribution in [0.4, 0.5) is 0 Å². The molecule has 3 nitrogen and oxygen atoms in total. The third kappa shape index (κ3) is 4.61. The Bertz CT molecular complexity index is 409. The molecule has 0 aliphatic heterocycles. The lowest BCUT2D eigenvalue weighted by Gasteiger charge is -2.36. The molecule has 0 bridgehead atoms. The van der Waals surface area contributed by atoms with Crippen molar-refractivity contribution >= 4 is 8.32 Å². The van der Waals surface area contributed by atoms with Gasteiger partial charge in [0.1, 0.15) is 5.75 Å². The normalized spacial score (nSPS) is 14.2. The van der Waals surface area contributed by atoms with E-state index in [1.54, 1.807) is 7.11 Å². The average Bonchev–Trinajstić information content (AvgIpc) is 2.37. The zero-order valence-corrected chi connectivity index (χ0v) is 14.7. The quantitative estimate of drug-likeness (QED) is 0.803. The number of hydrogen-bond donors (Lipinski definition) is 1. The molecule has 0 amide bonds. The predicted molar refractivity (Wildman–Crippen MR) is 87.7 cm³/mol. The van der Waals surface area contributed by atoms with Crippen LogP contribution in [-0.2, 0) is 4.43 Å². The molecule has 0 aromatic heterocycles. The molecule has 1 rings (SSSR count). The zero-order valence-electron chi connectivity index (χ0n) is 13.7. The third-order valence-corrected chi connectivity index (χ3v) is 8.78. The first-order valence-corrected chi connectivity index (χ1v) is 10.1. The van der Waals surface area contributed by atoms with E-state index in [1.165, 1.54) is 0 Å². The van der Waals surface area contributed by atoms with Gasteiger partial charge in [-0.05, 0) is 42.2 Å². The molecular formula is C16H29NO2Si. The molecule has 0 fully saturated rings. The van der Waals surface area contributed by atoms with Crippen LogP contribution in [0.5, 0.6) is 5.75 Å². The number of benzene rings is 1. The van der Waals surface area contributed by atoms with Crippen molar-refractivity contribution in [2.45, 2.75) is 51.4 Å². The van der Waals surface area contributed by atoms with E-state index >= 15 is 0 Å². The second kappa shape index (κ2) is 6.74. The second-order valence-corrected chi connectivity index (χ2v) is 11.6. The molecule has 0 spiro atoms. The van der Waals surface area contributed by atoms with Crippen LogP contribution >= 0.6 is 0 Å². The Hall–Kier alpha value is -0.843. The lowest BCUT2D eigenvalue weighted by molar-refractivity contribution is 0.272. The number of ether oxygens (including phenoxy) is 1. The van der Waals surface area contributed by atoms with Gasteiger partial charge in [0.05, 0.1) is 7.11 Å². The summed E-state index contributed by atoms with van der Waals surface area (Å²) in [5.74, 6) is 0.860. The van der Waals surface area contributed by atoms with E-state index in [0.717, 1.165) is 24.3 Å². The first-order chi connectivity index (χ1) is 9.17. The monoisotopic (exact) mass is 295 g/mol. The first-order valence-electron chi connectivity index (χ1n) is 7.21. The molecule has 0 heterocycles. The molecule has 20 heavy (non-hydrogen) atoms. The van der Waals surface area contributed by atoms with Gasteiger partial charge in [0.15, 0.2) is 8.32 Å². The Balaban J connectivity index is 2.49. The molecule has 0 aliphatic rings. The van der Waals surface area contributed by atoms with Crippen molar-refractivity contribution in [1.29, 1.82) is 0 Å². The van der Waals surface area contributed by atoms with Crippen LogP contribution < -0.4 is 10.5 Å². The largest absolute Gasteiger partial charge is 0.497 e. The lowest BCUT2D eigenvalue weighted by Crippen LogP contribution is -2.41. The van der Waals surface area contributed by atoms with E-state index in [9.17, 15) is 0 Å². The fourth-order valence-corrected chi connectivity index (χ4v) is 2.74. The van der Waals surface area contributed by atoms with Crippen molar-refractivity contribution in [3.05, 3.63) is 29.8 Å². The van der Waals surface area contributed by atoms with Gasteiger partial charge in [0.25, 0.3) is 0 Å². The van der Waals surface area contributed by atoms with E-state index in [1.807, 2.05) is 24.3 Å². The third-order valence-electron chi connectivity index (χ3n) is 4.24. The van der Waals surface area contributed by atoms with Crippen LogP contribution in [0.3, 0.4) is 0 Å². The van der Waals surface area contributed by atoms with Crippen LogP contribution in [-0.4, -0.2) is 22.0 Å². The molecule has 1 aromatic rings. The highest BCUT2D eigenvalue weighted by atomic mass is 28.4. The van der Waals surface area contributed by atoms with E-state index in [2.05, 4.69) is 33.9 Å². The molecule has 0 saturated heterocycles. The van der Waals surface area contributed by atoms with Gasteiger partial charge in [0, 0.05) is 12.6 Å². The SMILES string of the molecule is COc1ccc(C(N)CCO[Si](C)(C)C(C)(C)C)cc1. The van der Waals surface area contributed by atoms with E-state index in [4.69, 9.17) is 14.9 Å². The van der Waals surface area contributed by atoms with Gasteiger partial charge in [-0.2, -0.15) is 0 Å². The summed E-state index contributed by atoms with van der Waals surface area (Å²) >= 11 is 0. The van der Waals surface area contributed by atoms with Gasteiger partial charge in [0.2, 0.25) is 0 Å². The highest BCUT2D eigenvalue weighted by Gasteiger charge is 2.36. The Morgan fingerprint density at radius 2 is 1.70 bits per heavy atom. The average molecular weight is 295 g/mol. The lowest BCUT2D eigenvalue weighted by atomic mass is 10.1. The molecule has 4 heteroatoms. The molecule has 0 radical (unpaired) electrons. The van der Waals surface area contributed by atoms with E-state index in [-0.39, 0.29) is 11.1 Å². The van der Waals surface area contributed by atoms with Crippen LogP contribution in [0.15, 0.2) is 24.3 Å². The van der Waals surface area contributed by atoms with Gasteiger partial charge < -0.3 is 14.9 Å². The molecule has 2 N–H and O–H groups in total. The van der Waals surface area contributed by atoms with Crippen LogP contribution in [0, 0.1) is 0 Å². The minimum Gasteiger partial charge on any atom is -0.497 e. The van der Waals surface area contributed by atoms with Crippen molar-refractivity contribution in [3.63, 3.8) is 0 Å². The first kappa shape index (κ1) is 17.2.